The first-order valence-corrected chi connectivity index (χ1v) is 11.7. The zero-order valence-electron chi connectivity index (χ0n) is 19.1. The van der Waals surface area contributed by atoms with E-state index in [0.29, 0.717) is 24.3 Å². The van der Waals surface area contributed by atoms with Crippen molar-refractivity contribution in [1.29, 1.82) is 0 Å². The highest BCUT2D eigenvalue weighted by Gasteiger charge is 2.29. The lowest BCUT2D eigenvalue weighted by Gasteiger charge is -2.34. The molecule has 1 aliphatic heterocycles. The fraction of sp³-hybridized carbons (Fsp3) is 0.560. The molecule has 3 rings (SSSR count). The first-order chi connectivity index (χ1) is 15.5. The minimum atomic E-state index is -0.486. The summed E-state index contributed by atoms with van der Waals surface area (Å²) in [7, 11) is 0. The van der Waals surface area contributed by atoms with Gasteiger partial charge in [0.15, 0.2) is 0 Å². The van der Waals surface area contributed by atoms with Crippen molar-refractivity contribution in [2.75, 3.05) is 13.2 Å². The van der Waals surface area contributed by atoms with E-state index < -0.39 is 11.7 Å². The highest BCUT2D eigenvalue weighted by Crippen LogP contribution is 2.24. The maximum atomic E-state index is 12.8. The van der Waals surface area contributed by atoms with Crippen LogP contribution in [0.3, 0.4) is 0 Å². The van der Waals surface area contributed by atoms with E-state index in [1.165, 1.54) is 18.9 Å². The first-order valence-electron chi connectivity index (χ1n) is 11.7. The molecular weight excluding hydrogens is 410 g/mol. The number of unbranched alkanes of at least 4 members (excludes halogenated alkanes) is 4. The zero-order valence-corrected chi connectivity index (χ0v) is 19.1. The van der Waals surface area contributed by atoms with Gasteiger partial charge < -0.3 is 18.8 Å². The molecule has 0 N–H and O–H groups in total. The van der Waals surface area contributed by atoms with Crippen molar-refractivity contribution >= 4 is 23.0 Å². The van der Waals surface area contributed by atoms with Crippen molar-refractivity contribution in [3.8, 4) is 5.75 Å². The summed E-state index contributed by atoms with van der Waals surface area (Å²) in [6.07, 6.45) is 7.94. The van der Waals surface area contributed by atoms with Crippen LogP contribution < -0.4 is 10.4 Å². The van der Waals surface area contributed by atoms with Crippen LogP contribution in [0.25, 0.3) is 11.0 Å². The summed E-state index contributed by atoms with van der Waals surface area (Å²) in [5, 5.41) is 0.793. The van der Waals surface area contributed by atoms with Crippen LogP contribution in [0.5, 0.6) is 5.75 Å². The molecule has 7 nitrogen and oxygen atoms in total. The van der Waals surface area contributed by atoms with E-state index in [1.54, 1.807) is 23.1 Å². The summed E-state index contributed by atoms with van der Waals surface area (Å²) in [5.74, 6) is 0.102. The molecule has 2 aromatic rings. The van der Waals surface area contributed by atoms with Crippen molar-refractivity contribution in [3.63, 3.8) is 0 Å². The Balaban J connectivity index is 1.55. The molecule has 1 saturated heterocycles. The average Bonchev–Trinajstić information content (AvgIpc) is 2.77. The Morgan fingerprint density at radius 3 is 2.75 bits per heavy atom. The lowest BCUT2D eigenvalue weighted by molar-refractivity contribution is -0.145. The SMILES string of the molecule is CCCCCCCC(=O)OCC1CCCCN1C(=O)Oc1ccc2c(C)cc(=O)oc2c1. The zero-order chi connectivity index (χ0) is 22.9. The van der Waals surface area contributed by atoms with Gasteiger partial charge in [0.25, 0.3) is 0 Å². The summed E-state index contributed by atoms with van der Waals surface area (Å²) in [5.41, 5.74) is 0.738. The van der Waals surface area contributed by atoms with Crippen molar-refractivity contribution in [2.45, 2.75) is 77.7 Å². The number of hydrogen-bond donors (Lipinski definition) is 0. The van der Waals surface area contributed by atoms with E-state index in [-0.39, 0.29) is 18.6 Å². The van der Waals surface area contributed by atoms with Gasteiger partial charge in [0.2, 0.25) is 0 Å². The highest BCUT2D eigenvalue weighted by atomic mass is 16.6. The quantitative estimate of drug-likeness (QED) is 0.295. The standard InChI is InChI=1S/C25H33NO6/c1-3-4-5-6-7-11-23(27)30-17-19-10-8-9-14-26(19)25(29)31-20-12-13-21-18(2)15-24(28)32-22(21)16-20/h12-13,15-16,19H,3-11,14,17H2,1-2H3. The second-order valence-corrected chi connectivity index (χ2v) is 8.46. The summed E-state index contributed by atoms with van der Waals surface area (Å²) in [6, 6.07) is 6.25. The Kier molecular flexibility index (Phi) is 8.71. The molecule has 0 spiro atoms. The summed E-state index contributed by atoms with van der Waals surface area (Å²) in [6.45, 7) is 4.73. The molecule has 1 unspecified atom stereocenters. The number of carbonyl (C=O) groups is 2. The van der Waals surface area contributed by atoms with Crippen LogP contribution in [0.4, 0.5) is 4.79 Å². The fourth-order valence-corrected chi connectivity index (χ4v) is 4.08. The van der Waals surface area contributed by atoms with E-state index in [2.05, 4.69) is 6.92 Å². The molecule has 174 valence electrons. The minimum Gasteiger partial charge on any atom is -0.463 e. The molecule has 1 amide bonds. The Hall–Kier alpha value is -2.83. The van der Waals surface area contributed by atoms with Crippen molar-refractivity contribution < 1.29 is 23.5 Å². The van der Waals surface area contributed by atoms with Gasteiger partial charge in [0.05, 0.1) is 6.04 Å². The second kappa shape index (κ2) is 11.7. The third-order valence-corrected chi connectivity index (χ3v) is 5.91. The maximum absolute atomic E-state index is 12.8. The molecule has 1 aromatic carbocycles. The molecule has 1 aliphatic rings. The number of rotatable bonds is 9. The van der Waals surface area contributed by atoms with E-state index in [0.717, 1.165) is 49.5 Å². The van der Waals surface area contributed by atoms with Gasteiger partial charge in [0, 0.05) is 30.5 Å². The lowest BCUT2D eigenvalue weighted by atomic mass is 10.0. The molecule has 7 heteroatoms. The smallest absolute Gasteiger partial charge is 0.415 e. The van der Waals surface area contributed by atoms with Crippen LogP contribution in [0.15, 0.2) is 33.5 Å². The van der Waals surface area contributed by atoms with E-state index >= 15 is 0 Å². The van der Waals surface area contributed by atoms with Crippen molar-refractivity contribution in [1.82, 2.24) is 4.90 Å². The lowest BCUT2D eigenvalue weighted by Crippen LogP contribution is -2.47. The maximum Gasteiger partial charge on any atom is 0.415 e. The molecule has 1 aromatic heterocycles. The van der Waals surface area contributed by atoms with Gasteiger partial charge in [-0.15, -0.1) is 0 Å². The van der Waals surface area contributed by atoms with Gasteiger partial charge in [-0.25, -0.2) is 9.59 Å². The first kappa shape index (κ1) is 23.8. The average molecular weight is 444 g/mol. The Bertz CT molecular complexity index is 982. The van der Waals surface area contributed by atoms with E-state index in [1.807, 2.05) is 6.92 Å². The predicted octanol–water partition coefficient (Wildman–Crippen LogP) is 5.36. The molecule has 0 saturated carbocycles. The van der Waals surface area contributed by atoms with Gasteiger partial charge in [-0.1, -0.05) is 32.6 Å². The number of benzene rings is 1. The van der Waals surface area contributed by atoms with Crippen LogP contribution >= 0.6 is 0 Å². The monoisotopic (exact) mass is 443 g/mol. The molecule has 1 fully saturated rings. The third-order valence-electron chi connectivity index (χ3n) is 5.91. The van der Waals surface area contributed by atoms with E-state index in [4.69, 9.17) is 13.9 Å². The van der Waals surface area contributed by atoms with Crippen molar-refractivity contribution in [3.05, 3.63) is 40.2 Å². The number of fused-ring (bicyclic) bond motifs is 1. The largest absolute Gasteiger partial charge is 0.463 e. The number of nitrogens with zero attached hydrogens (tertiary/aromatic N) is 1. The molecule has 1 atom stereocenters. The normalized spacial score (nSPS) is 16.2. The number of amides is 1. The number of aryl methyl sites for hydroxylation is 1. The third kappa shape index (κ3) is 6.58. The molecule has 32 heavy (non-hydrogen) atoms. The summed E-state index contributed by atoms with van der Waals surface area (Å²) in [4.78, 5) is 38.2. The topological polar surface area (TPSA) is 86.0 Å². The molecule has 0 aliphatic carbocycles. The molecule has 0 bridgehead atoms. The van der Waals surface area contributed by atoms with E-state index in [9.17, 15) is 14.4 Å². The van der Waals surface area contributed by atoms with Gasteiger partial charge in [-0.05, 0) is 50.3 Å². The predicted molar refractivity (Wildman–Crippen MR) is 122 cm³/mol. The van der Waals surface area contributed by atoms with Gasteiger partial charge in [0.1, 0.15) is 17.9 Å². The van der Waals surface area contributed by atoms with Gasteiger partial charge >= 0.3 is 17.7 Å². The van der Waals surface area contributed by atoms with Crippen LogP contribution in [0.2, 0.25) is 0 Å². The Labute approximate surface area is 188 Å². The summed E-state index contributed by atoms with van der Waals surface area (Å²) < 4.78 is 16.3. The van der Waals surface area contributed by atoms with Gasteiger partial charge in [-0.2, -0.15) is 0 Å². The fourth-order valence-electron chi connectivity index (χ4n) is 4.08. The van der Waals surface area contributed by atoms with Crippen LogP contribution in [0.1, 0.15) is 70.3 Å². The number of ether oxygens (including phenoxy) is 2. The van der Waals surface area contributed by atoms with Crippen LogP contribution in [-0.2, 0) is 9.53 Å². The Morgan fingerprint density at radius 2 is 1.94 bits per heavy atom. The van der Waals surface area contributed by atoms with Crippen LogP contribution in [0, 0.1) is 6.92 Å². The molecule has 2 heterocycles. The van der Waals surface area contributed by atoms with Crippen LogP contribution in [-0.4, -0.2) is 36.2 Å². The summed E-state index contributed by atoms with van der Waals surface area (Å²) >= 11 is 0. The number of carbonyl (C=O) groups excluding carboxylic acids is 2. The molecule has 0 radical (unpaired) electrons. The van der Waals surface area contributed by atoms with Crippen molar-refractivity contribution in [2.24, 2.45) is 0 Å². The highest BCUT2D eigenvalue weighted by molar-refractivity contribution is 5.82. The molecular formula is C25H33NO6. The Morgan fingerprint density at radius 1 is 1.12 bits per heavy atom. The number of likely N-dealkylation sites (tertiary alicyclic amines) is 1. The number of hydrogen-bond acceptors (Lipinski definition) is 6. The number of esters is 1. The second-order valence-electron chi connectivity index (χ2n) is 8.46. The number of piperidine rings is 1. The van der Waals surface area contributed by atoms with Gasteiger partial charge in [-0.3, -0.25) is 4.79 Å². The minimum absolute atomic E-state index is 0.189.